The third kappa shape index (κ3) is 6.99. The van der Waals surface area contributed by atoms with Gasteiger partial charge in [0.1, 0.15) is 0 Å². The molecule has 1 heterocycles. The van der Waals surface area contributed by atoms with Crippen molar-refractivity contribution in [2.45, 2.75) is 69.9 Å². The number of nitrogens with zero attached hydrogens (tertiary/aromatic N) is 1. The van der Waals surface area contributed by atoms with E-state index in [-0.39, 0.29) is 16.9 Å². The van der Waals surface area contributed by atoms with E-state index in [2.05, 4.69) is 28.9 Å². The van der Waals surface area contributed by atoms with Gasteiger partial charge in [-0.2, -0.15) is 0 Å². The van der Waals surface area contributed by atoms with Gasteiger partial charge in [-0.1, -0.05) is 32.9 Å². The van der Waals surface area contributed by atoms with Gasteiger partial charge in [0, 0.05) is 36.9 Å². The fourth-order valence-corrected chi connectivity index (χ4v) is 6.52. The number of hydrogen-bond acceptors (Lipinski definition) is 6. The molecule has 1 aromatic heterocycles. The molecule has 0 aliphatic heterocycles. The number of hydrogen-bond donors (Lipinski definition) is 3. The first-order valence-corrected chi connectivity index (χ1v) is 13.7. The lowest BCUT2D eigenvalue weighted by molar-refractivity contribution is 0.0970. The summed E-state index contributed by atoms with van der Waals surface area (Å²) in [7, 11) is -3.68. The highest BCUT2D eigenvalue weighted by atomic mass is 32.2. The van der Waals surface area contributed by atoms with Crippen LogP contribution in [0.25, 0.3) is 10.4 Å². The average molecular weight is 496 g/mol. The van der Waals surface area contributed by atoms with Crippen LogP contribution in [0.15, 0.2) is 29.3 Å². The van der Waals surface area contributed by atoms with Crippen LogP contribution in [0, 0.1) is 5.92 Å². The monoisotopic (exact) mass is 495 g/mol. The molecule has 0 saturated heterocycles. The standard InChI is InChI=1S/C23H33N3O5S2/c1-4-25-33(29,30)21-11-16(14-31-13-15(2)3)5-10-19(21)20-12-24-22(32-20)17-6-8-18(9-7-17)26-23(27)28/h5,10-12,15,17-18,25-26H,4,6-9,13-14H2,1-3H3,(H,27,28)/t17-,18-. The van der Waals surface area contributed by atoms with E-state index in [1.54, 1.807) is 19.2 Å². The second-order valence-electron chi connectivity index (χ2n) is 8.80. The zero-order valence-electron chi connectivity index (χ0n) is 19.3. The van der Waals surface area contributed by atoms with Crippen LogP contribution >= 0.6 is 11.3 Å². The van der Waals surface area contributed by atoms with Gasteiger partial charge in [0.05, 0.1) is 21.4 Å². The number of thiazole rings is 1. The Morgan fingerprint density at radius 2 is 2.00 bits per heavy atom. The first kappa shape index (κ1) is 25.6. The Balaban J connectivity index is 1.82. The van der Waals surface area contributed by atoms with Gasteiger partial charge in [-0.15, -0.1) is 11.3 Å². The van der Waals surface area contributed by atoms with E-state index in [4.69, 9.17) is 9.84 Å². The van der Waals surface area contributed by atoms with E-state index in [0.29, 0.717) is 31.2 Å². The number of sulfonamides is 1. The average Bonchev–Trinajstić information content (AvgIpc) is 3.23. The molecule has 8 nitrogen and oxygen atoms in total. The molecule has 1 saturated carbocycles. The topological polar surface area (TPSA) is 118 Å². The number of carbonyl (C=O) groups is 1. The summed E-state index contributed by atoms with van der Waals surface area (Å²) in [5, 5.41) is 12.4. The van der Waals surface area contributed by atoms with Gasteiger partial charge in [0.25, 0.3) is 0 Å². The maximum Gasteiger partial charge on any atom is 0.404 e. The molecule has 1 amide bonds. The molecule has 0 unspecified atom stereocenters. The Morgan fingerprint density at radius 1 is 1.27 bits per heavy atom. The van der Waals surface area contributed by atoms with Gasteiger partial charge in [-0.05, 0) is 43.2 Å². The van der Waals surface area contributed by atoms with Gasteiger partial charge in [0.2, 0.25) is 10.0 Å². The Kier molecular flexibility index (Phi) is 8.86. The largest absolute Gasteiger partial charge is 0.465 e. The fourth-order valence-electron chi connectivity index (χ4n) is 4.02. The van der Waals surface area contributed by atoms with Crippen LogP contribution < -0.4 is 10.0 Å². The first-order chi connectivity index (χ1) is 15.7. The zero-order chi connectivity index (χ0) is 24.0. The molecule has 1 aliphatic carbocycles. The zero-order valence-corrected chi connectivity index (χ0v) is 21.0. The summed E-state index contributed by atoms with van der Waals surface area (Å²) in [4.78, 5) is 16.5. The molecular formula is C23H33N3O5S2. The van der Waals surface area contributed by atoms with Crippen molar-refractivity contribution in [3.05, 3.63) is 35.0 Å². The smallest absolute Gasteiger partial charge is 0.404 e. The van der Waals surface area contributed by atoms with Crippen molar-refractivity contribution >= 4 is 27.5 Å². The van der Waals surface area contributed by atoms with Crippen LogP contribution in [0.2, 0.25) is 0 Å². The highest BCUT2D eigenvalue weighted by Crippen LogP contribution is 2.39. The summed E-state index contributed by atoms with van der Waals surface area (Å²) in [6.07, 6.45) is 4.02. The molecule has 0 spiro atoms. The Labute approximate surface area is 199 Å². The summed E-state index contributed by atoms with van der Waals surface area (Å²) in [5.41, 5.74) is 1.44. The minimum absolute atomic E-state index is 0.0134. The normalized spacial score (nSPS) is 19.0. The molecule has 33 heavy (non-hydrogen) atoms. The lowest BCUT2D eigenvalue weighted by Gasteiger charge is -2.27. The molecule has 1 fully saturated rings. The Bertz CT molecular complexity index is 1040. The predicted molar refractivity (Wildman–Crippen MR) is 129 cm³/mol. The number of aromatic nitrogens is 1. The molecule has 0 bridgehead atoms. The van der Waals surface area contributed by atoms with Crippen LogP contribution in [-0.2, 0) is 21.4 Å². The first-order valence-electron chi connectivity index (χ1n) is 11.4. The highest BCUT2D eigenvalue weighted by molar-refractivity contribution is 7.89. The van der Waals surface area contributed by atoms with Gasteiger partial charge in [0.15, 0.2) is 0 Å². The van der Waals surface area contributed by atoms with Gasteiger partial charge < -0.3 is 15.2 Å². The van der Waals surface area contributed by atoms with E-state index < -0.39 is 16.1 Å². The van der Waals surface area contributed by atoms with Gasteiger partial charge in [-0.3, -0.25) is 0 Å². The number of benzene rings is 1. The summed E-state index contributed by atoms with van der Waals surface area (Å²) in [6.45, 7) is 7.17. The molecule has 0 radical (unpaired) electrons. The van der Waals surface area contributed by atoms with E-state index in [9.17, 15) is 13.2 Å². The number of nitrogens with one attached hydrogen (secondary N) is 2. The third-order valence-corrected chi connectivity index (χ3v) is 8.36. The Morgan fingerprint density at radius 3 is 2.64 bits per heavy atom. The number of carboxylic acid groups (broad SMARTS) is 1. The number of amides is 1. The summed E-state index contributed by atoms with van der Waals surface area (Å²) < 4.78 is 34.2. The van der Waals surface area contributed by atoms with Crippen LogP contribution in [0.3, 0.4) is 0 Å². The predicted octanol–water partition coefficient (Wildman–Crippen LogP) is 4.57. The number of rotatable bonds is 10. The number of ether oxygens (including phenoxy) is 1. The molecule has 1 aliphatic rings. The van der Waals surface area contributed by atoms with Crippen LogP contribution in [0.5, 0.6) is 0 Å². The van der Waals surface area contributed by atoms with E-state index in [1.807, 2.05) is 12.1 Å². The lowest BCUT2D eigenvalue weighted by Crippen LogP contribution is -2.36. The fraction of sp³-hybridized carbons (Fsp3) is 0.565. The van der Waals surface area contributed by atoms with Gasteiger partial charge >= 0.3 is 6.09 Å². The second-order valence-corrected chi connectivity index (χ2v) is 11.6. The highest BCUT2D eigenvalue weighted by Gasteiger charge is 2.27. The van der Waals surface area contributed by atoms with Gasteiger partial charge in [-0.25, -0.2) is 22.9 Å². The van der Waals surface area contributed by atoms with E-state index in [1.165, 1.54) is 11.3 Å². The summed E-state index contributed by atoms with van der Waals surface area (Å²) >= 11 is 1.51. The van der Waals surface area contributed by atoms with Crippen LogP contribution in [0.1, 0.15) is 62.9 Å². The minimum atomic E-state index is -3.68. The van der Waals surface area contributed by atoms with Crippen LogP contribution in [-0.4, -0.2) is 43.8 Å². The van der Waals surface area contributed by atoms with E-state index >= 15 is 0 Å². The van der Waals surface area contributed by atoms with E-state index in [0.717, 1.165) is 41.1 Å². The van der Waals surface area contributed by atoms with Crippen molar-refractivity contribution in [1.29, 1.82) is 0 Å². The van der Waals surface area contributed by atoms with Crippen molar-refractivity contribution in [2.75, 3.05) is 13.2 Å². The maximum atomic E-state index is 13.0. The molecule has 3 rings (SSSR count). The lowest BCUT2D eigenvalue weighted by atomic mass is 9.86. The molecular weight excluding hydrogens is 462 g/mol. The van der Waals surface area contributed by atoms with Crippen molar-refractivity contribution in [1.82, 2.24) is 15.0 Å². The van der Waals surface area contributed by atoms with Crippen LogP contribution in [0.4, 0.5) is 4.79 Å². The molecule has 3 N–H and O–H groups in total. The molecule has 182 valence electrons. The molecule has 10 heteroatoms. The molecule has 1 aromatic carbocycles. The second kappa shape index (κ2) is 11.4. The minimum Gasteiger partial charge on any atom is -0.465 e. The van der Waals surface area contributed by atoms with Crippen molar-refractivity contribution < 1.29 is 23.1 Å². The van der Waals surface area contributed by atoms with Crippen molar-refractivity contribution in [3.8, 4) is 10.4 Å². The molecule has 2 aromatic rings. The van der Waals surface area contributed by atoms with Crippen molar-refractivity contribution in [2.24, 2.45) is 5.92 Å². The third-order valence-electron chi connectivity index (χ3n) is 5.58. The SMILES string of the molecule is CCNS(=O)(=O)c1cc(COCC(C)C)ccc1-c1cnc([C@H]2CC[C@H](NC(=O)O)CC2)s1. The quantitative estimate of drug-likeness (QED) is 0.444. The maximum absolute atomic E-state index is 13.0. The Hall–Kier alpha value is -2.01. The summed E-state index contributed by atoms with van der Waals surface area (Å²) in [5.74, 6) is 0.660. The molecule has 0 atom stereocenters. The van der Waals surface area contributed by atoms with Crippen molar-refractivity contribution in [3.63, 3.8) is 0 Å². The summed E-state index contributed by atoms with van der Waals surface area (Å²) in [6, 6.07) is 5.42.